The van der Waals surface area contributed by atoms with Gasteiger partial charge >= 0.3 is 0 Å². The summed E-state index contributed by atoms with van der Waals surface area (Å²) < 4.78 is 29.1. The van der Waals surface area contributed by atoms with Gasteiger partial charge in [0.15, 0.2) is 0 Å². The number of hydrogen-bond donors (Lipinski definition) is 1. The summed E-state index contributed by atoms with van der Waals surface area (Å²) in [6.45, 7) is 0. The summed E-state index contributed by atoms with van der Waals surface area (Å²) in [5, 5.41) is 1.16. The Hall–Kier alpha value is -3.45. The first-order chi connectivity index (χ1) is 13.1. The van der Waals surface area contributed by atoms with Crippen molar-refractivity contribution < 1.29 is 8.42 Å². The van der Waals surface area contributed by atoms with Crippen LogP contribution in [0.15, 0.2) is 84.7 Å². The van der Waals surface area contributed by atoms with Gasteiger partial charge in [0.2, 0.25) is 5.78 Å². The van der Waals surface area contributed by atoms with Crippen LogP contribution in [-0.4, -0.2) is 22.8 Å². The molecule has 6 nitrogen and oxygen atoms in total. The third-order valence-corrected chi connectivity index (χ3v) is 4.91. The topological polar surface area (TPSA) is 76.4 Å². The van der Waals surface area contributed by atoms with Crippen LogP contribution in [0.2, 0.25) is 0 Å². The molecule has 7 heteroatoms. The van der Waals surface area contributed by atoms with Crippen molar-refractivity contribution in [3.8, 4) is 11.3 Å². The average molecular weight is 376 g/mol. The Bertz CT molecular complexity index is 1180. The first-order valence-corrected chi connectivity index (χ1v) is 9.80. The standard InChI is InChI=1S/C20H16N4O2S/c25-27(26,13-10-16-6-2-1-3-7-16)23-18-9-4-8-17(14-18)19-15-24-12-5-11-21-20(24)22-19/h1-15,23H/b13-10+. The molecule has 2 aromatic heterocycles. The number of aromatic nitrogens is 3. The van der Waals surface area contributed by atoms with E-state index in [0.29, 0.717) is 11.5 Å². The Morgan fingerprint density at radius 2 is 1.85 bits per heavy atom. The van der Waals surface area contributed by atoms with Crippen LogP contribution in [0.4, 0.5) is 5.69 Å². The van der Waals surface area contributed by atoms with E-state index in [1.807, 2.05) is 59.3 Å². The molecule has 0 saturated heterocycles. The molecule has 1 N–H and O–H groups in total. The van der Waals surface area contributed by atoms with E-state index in [1.54, 1.807) is 30.5 Å². The van der Waals surface area contributed by atoms with Gasteiger partial charge in [0.05, 0.1) is 11.1 Å². The molecule has 2 heterocycles. The van der Waals surface area contributed by atoms with Crippen LogP contribution in [-0.2, 0) is 10.0 Å². The van der Waals surface area contributed by atoms with Gasteiger partial charge in [0.25, 0.3) is 10.0 Å². The first-order valence-electron chi connectivity index (χ1n) is 8.25. The Labute approximate surface area is 156 Å². The molecule has 0 radical (unpaired) electrons. The number of rotatable bonds is 5. The molecule has 2 aromatic carbocycles. The third kappa shape index (κ3) is 4.04. The molecular weight excluding hydrogens is 360 g/mol. The smallest absolute Gasteiger partial charge is 0.255 e. The predicted octanol–water partition coefficient (Wildman–Crippen LogP) is 3.81. The summed E-state index contributed by atoms with van der Waals surface area (Å²) in [5.74, 6) is 0.587. The van der Waals surface area contributed by atoms with Crippen molar-refractivity contribution in [2.45, 2.75) is 0 Å². The Morgan fingerprint density at radius 3 is 2.67 bits per heavy atom. The van der Waals surface area contributed by atoms with Crippen molar-refractivity contribution in [3.05, 3.63) is 90.2 Å². The predicted molar refractivity (Wildman–Crippen MR) is 106 cm³/mol. The Balaban J connectivity index is 1.58. The number of hydrogen-bond acceptors (Lipinski definition) is 4. The van der Waals surface area contributed by atoms with Crippen molar-refractivity contribution >= 4 is 27.6 Å². The van der Waals surface area contributed by atoms with Gasteiger partial charge in [-0.1, -0.05) is 42.5 Å². The number of fused-ring (bicyclic) bond motifs is 1. The van der Waals surface area contributed by atoms with Gasteiger partial charge < -0.3 is 0 Å². The first kappa shape index (κ1) is 17.0. The molecule has 0 aliphatic carbocycles. The number of benzene rings is 2. The summed E-state index contributed by atoms with van der Waals surface area (Å²) in [4.78, 5) is 8.65. The van der Waals surface area contributed by atoms with Crippen LogP contribution >= 0.6 is 0 Å². The van der Waals surface area contributed by atoms with Crippen molar-refractivity contribution in [1.29, 1.82) is 0 Å². The maximum atomic E-state index is 12.3. The van der Waals surface area contributed by atoms with Crippen LogP contribution in [0.5, 0.6) is 0 Å². The monoisotopic (exact) mass is 376 g/mol. The quantitative estimate of drug-likeness (QED) is 0.575. The average Bonchev–Trinajstić information content (AvgIpc) is 3.12. The molecule has 27 heavy (non-hydrogen) atoms. The molecule has 0 aliphatic heterocycles. The maximum Gasteiger partial charge on any atom is 0.255 e. The highest BCUT2D eigenvalue weighted by Crippen LogP contribution is 2.23. The van der Waals surface area contributed by atoms with E-state index in [1.165, 1.54) is 0 Å². The third-order valence-electron chi connectivity index (χ3n) is 3.89. The van der Waals surface area contributed by atoms with E-state index in [9.17, 15) is 8.42 Å². The summed E-state index contributed by atoms with van der Waals surface area (Å²) in [6, 6.07) is 18.2. The lowest BCUT2D eigenvalue weighted by atomic mass is 10.1. The number of imidazole rings is 1. The van der Waals surface area contributed by atoms with Crippen LogP contribution in [0.3, 0.4) is 0 Å². The molecule has 0 fully saturated rings. The van der Waals surface area contributed by atoms with Crippen LogP contribution in [0.25, 0.3) is 23.1 Å². The van der Waals surface area contributed by atoms with Gasteiger partial charge in [-0.2, -0.15) is 0 Å². The molecule has 134 valence electrons. The van der Waals surface area contributed by atoms with Gasteiger partial charge in [-0.3, -0.25) is 9.12 Å². The van der Waals surface area contributed by atoms with Gasteiger partial charge in [0, 0.05) is 29.8 Å². The molecule has 0 saturated carbocycles. The molecule has 4 aromatic rings. The molecule has 0 bridgehead atoms. The summed E-state index contributed by atoms with van der Waals surface area (Å²) in [5.41, 5.74) is 2.80. The highest BCUT2D eigenvalue weighted by Gasteiger charge is 2.09. The summed E-state index contributed by atoms with van der Waals surface area (Å²) in [7, 11) is -3.62. The molecule has 0 atom stereocenters. The Morgan fingerprint density at radius 1 is 1.00 bits per heavy atom. The molecule has 4 rings (SSSR count). The lowest BCUT2D eigenvalue weighted by molar-refractivity contribution is 0.609. The van der Waals surface area contributed by atoms with Gasteiger partial charge in [-0.15, -0.1) is 0 Å². The zero-order chi connectivity index (χ0) is 18.7. The lowest BCUT2D eigenvalue weighted by Gasteiger charge is -2.06. The van der Waals surface area contributed by atoms with E-state index < -0.39 is 10.0 Å². The maximum absolute atomic E-state index is 12.3. The van der Waals surface area contributed by atoms with Gasteiger partial charge in [-0.05, 0) is 29.8 Å². The molecular formula is C20H16N4O2S. The zero-order valence-corrected chi connectivity index (χ0v) is 15.0. The number of anilines is 1. The highest BCUT2D eigenvalue weighted by molar-refractivity contribution is 7.95. The van der Waals surface area contributed by atoms with E-state index in [2.05, 4.69) is 14.7 Å². The largest absolute Gasteiger partial charge is 0.291 e. The van der Waals surface area contributed by atoms with Crippen molar-refractivity contribution in [2.24, 2.45) is 0 Å². The van der Waals surface area contributed by atoms with Crippen molar-refractivity contribution in [2.75, 3.05) is 4.72 Å². The fourth-order valence-electron chi connectivity index (χ4n) is 2.64. The van der Waals surface area contributed by atoms with E-state index in [0.717, 1.165) is 22.2 Å². The van der Waals surface area contributed by atoms with Crippen LogP contribution in [0.1, 0.15) is 5.56 Å². The summed E-state index contributed by atoms with van der Waals surface area (Å²) in [6.07, 6.45) is 6.95. The van der Waals surface area contributed by atoms with Gasteiger partial charge in [0.1, 0.15) is 0 Å². The lowest BCUT2D eigenvalue weighted by Crippen LogP contribution is -2.08. The second-order valence-electron chi connectivity index (χ2n) is 5.89. The Kier molecular flexibility index (Phi) is 4.43. The number of sulfonamides is 1. The van der Waals surface area contributed by atoms with Gasteiger partial charge in [-0.25, -0.2) is 18.4 Å². The molecule has 0 spiro atoms. The minimum absolute atomic E-state index is 0.468. The molecule has 0 amide bonds. The highest BCUT2D eigenvalue weighted by atomic mass is 32.2. The second-order valence-corrected chi connectivity index (χ2v) is 7.46. The van der Waals surface area contributed by atoms with Crippen molar-refractivity contribution in [1.82, 2.24) is 14.4 Å². The number of nitrogens with zero attached hydrogens (tertiary/aromatic N) is 3. The normalized spacial score (nSPS) is 11.9. The fourth-order valence-corrected chi connectivity index (χ4v) is 3.50. The number of nitrogens with one attached hydrogen (secondary N) is 1. The molecule has 0 aliphatic rings. The minimum atomic E-state index is -3.62. The van der Waals surface area contributed by atoms with E-state index in [4.69, 9.17) is 0 Å². The minimum Gasteiger partial charge on any atom is -0.291 e. The molecule has 0 unspecified atom stereocenters. The van der Waals surface area contributed by atoms with E-state index in [-0.39, 0.29) is 0 Å². The zero-order valence-electron chi connectivity index (χ0n) is 14.2. The summed E-state index contributed by atoms with van der Waals surface area (Å²) >= 11 is 0. The second kappa shape index (κ2) is 7.05. The van der Waals surface area contributed by atoms with Crippen LogP contribution in [0, 0.1) is 0 Å². The van der Waals surface area contributed by atoms with Crippen LogP contribution < -0.4 is 4.72 Å². The van der Waals surface area contributed by atoms with Crippen molar-refractivity contribution in [3.63, 3.8) is 0 Å². The van der Waals surface area contributed by atoms with E-state index >= 15 is 0 Å². The fraction of sp³-hybridized carbons (Fsp3) is 0. The SMILES string of the molecule is O=S(=O)(/C=C/c1ccccc1)Nc1cccc(-c2cn3cccnc3n2)c1.